The molecule has 0 aromatic carbocycles. The minimum atomic E-state index is 0.690. The van der Waals surface area contributed by atoms with Crippen LogP contribution in [0, 0.1) is 0 Å². The van der Waals surface area contributed by atoms with Crippen LogP contribution < -0.4 is 10.2 Å². The lowest BCUT2D eigenvalue weighted by Gasteiger charge is -2.26. The summed E-state index contributed by atoms with van der Waals surface area (Å²) in [6.07, 6.45) is 10.5. The van der Waals surface area contributed by atoms with Crippen molar-refractivity contribution in [2.24, 2.45) is 0 Å². The maximum absolute atomic E-state index is 4.66. The van der Waals surface area contributed by atoms with Crippen LogP contribution in [0.2, 0.25) is 0 Å². The van der Waals surface area contributed by atoms with Gasteiger partial charge in [0.25, 0.3) is 0 Å². The number of hydrogen-bond acceptors (Lipinski definition) is 5. The average Bonchev–Trinajstić information content (AvgIpc) is 3.26. The van der Waals surface area contributed by atoms with Gasteiger partial charge in [0, 0.05) is 37.8 Å². The van der Waals surface area contributed by atoms with Gasteiger partial charge in [-0.15, -0.1) is 0 Å². The fraction of sp³-hybridized carbons (Fsp3) is 0.750. The summed E-state index contributed by atoms with van der Waals surface area (Å²) in [5, 5.41) is 3.49. The van der Waals surface area contributed by atoms with Gasteiger partial charge in [-0.05, 0) is 39.2 Å². The second-order valence-electron chi connectivity index (χ2n) is 6.81. The first-order valence-electron chi connectivity index (χ1n) is 8.31. The molecule has 114 valence electrons. The van der Waals surface area contributed by atoms with Crippen LogP contribution >= 0.6 is 0 Å². The van der Waals surface area contributed by atoms with Crippen molar-refractivity contribution >= 4 is 5.82 Å². The smallest absolute Gasteiger partial charge is 0.147 e. The highest BCUT2D eigenvalue weighted by Crippen LogP contribution is 2.29. The van der Waals surface area contributed by atoms with Crippen molar-refractivity contribution in [1.82, 2.24) is 20.2 Å². The van der Waals surface area contributed by atoms with Crippen molar-refractivity contribution in [3.63, 3.8) is 0 Å². The third-order valence-corrected chi connectivity index (χ3v) is 5.31. The number of anilines is 1. The van der Waals surface area contributed by atoms with Crippen molar-refractivity contribution in [2.75, 3.05) is 25.0 Å². The summed E-state index contributed by atoms with van der Waals surface area (Å²) in [7, 11) is 2.28. The molecule has 5 nitrogen and oxygen atoms in total. The zero-order valence-corrected chi connectivity index (χ0v) is 12.8. The SMILES string of the molecule is CN1C2CCC1CN(c1cnc(CNC3CC3)cn1)CC2. The minimum absolute atomic E-state index is 0.690. The Kier molecular flexibility index (Phi) is 3.55. The van der Waals surface area contributed by atoms with E-state index in [-0.39, 0.29) is 0 Å². The summed E-state index contributed by atoms with van der Waals surface area (Å²) in [4.78, 5) is 14.2. The van der Waals surface area contributed by atoms with Crippen molar-refractivity contribution in [3.8, 4) is 0 Å². The van der Waals surface area contributed by atoms with Crippen LogP contribution in [0.5, 0.6) is 0 Å². The zero-order chi connectivity index (χ0) is 14.2. The molecule has 0 amide bonds. The lowest BCUT2D eigenvalue weighted by atomic mass is 10.1. The maximum atomic E-state index is 4.66. The van der Waals surface area contributed by atoms with Gasteiger partial charge in [0.15, 0.2) is 0 Å². The average molecular weight is 287 g/mol. The molecule has 1 N–H and O–H groups in total. The predicted molar refractivity (Wildman–Crippen MR) is 83.3 cm³/mol. The molecule has 3 aliphatic rings. The van der Waals surface area contributed by atoms with Crippen LogP contribution in [0.1, 0.15) is 37.8 Å². The zero-order valence-electron chi connectivity index (χ0n) is 12.8. The van der Waals surface area contributed by atoms with E-state index < -0.39 is 0 Å². The fourth-order valence-corrected chi connectivity index (χ4v) is 3.66. The minimum Gasteiger partial charge on any atom is -0.354 e. The maximum Gasteiger partial charge on any atom is 0.147 e. The third-order valence-electron chi connectivity index (χ3n) is 5.31. The molecule has 2 bridgehead atoms. The molecule has 4 rings (SSSR count). The second-order valence-corrected chi connectivity index (χ2v) is 6.81. The van der Waals surface area contributed by atoms with Gasteiger partial charge in [0.05, 0.1) is 18.1 Å². The number of nitrogens with one attached hydrogen (secondary N) is 1. The third kappa shape index (κ3) is 2.90. The first-order chi connectivity index (χ1) is 10.3. The number of nitrogens with zero attached hydrogens (tertiary/aromatic N) is 4. The van der Waals surface area contributed by atoms with Gasteiger partial charge in [-0.2, -0.15) is 0 Å². The quantitative estimate of drug-likeness (QED) is 0.907. The van der Waals surface area contributed by atoms with Gasteiger partial charge < -0.3 is 10.2 Å². The Labute approximate surface area is 126 Å². The molecule has 2 aliphatic heterocycles. The summed E-state index contributed by atoms with van der Waals surface area (Å²) < 4.78 is 0. The van der Waals surface area contributed by atoms with E-state index >= 15 is 0 Å². The lowest BCUT2D eigenvalue weighted by Crippen LogP contribution is -2.37. The molecule has 1 saturated carbocycles. The molecule has 1 aromatic heterocycles. The first kappa shape index (κ1) is 13.5. The van der Waals surface area contributed by atoms with Gasteiger partial charge >= 0.3 is 0 Å². The molecule has 3 heterocycles. The van der Waals surface area contributed by atoms with Gasteiger partial charge in [0.2, 0.25) is 0 Å². The molecular weight excluding hydrogens is 262 g/mol. The lowest BCUT2D eigenvalue weighted by molar-refractivity contribution is 0.254. The van der Waals surface area contributed by atoms with Crippen LogP contribution in [0.4, 0.5) is 5.82 Å². The molecule has 5 heteroatoms. The van der Waals surface area contributed by atoms with Crippen LogP contribution in [0.3, 0.4) is 0 Å². The van der Waals surface area contributed by atoms with Crippen molar-refractivity contribution in [3.05, 3.63) is 18.1 Å². The van der Waals surface area contributed by atoms with E-state index in [9.17, 15) is 0 Å². The van der Waals surface area contributed by atoms with E-state index in [1.807, 2.05) is 12.4 Å². The predicted octanol–water partition coefficient (Wildman–Crippen LogP) is 1.40. The van der Waals surface area contributed by atoms with Gasteiger partial charge in [-0.1, -0.05) is 0 Å². The Balaban J connectivity index is 1.40. The normalized spacial score (nSPS) is 29.7. The highest BCUT2D eigenvalue weighted by Gasteiger charge is 2.34. The molecule has 1 aromatic rings. The summed E-state index contributed by atoms with van der Waals surface area (Å²) >= 11 is 0. The highest BCUT2D eigenvalue weighted by molar-refractivity contribution is 5.37. The van der Waals surface area contributed by atoms with Crippen LogP contribution in [0.25, 0.3) is 0 Å². The van der Waals surface area contributed by atoms with Crippen LogP contribution in [-0.2, 0) is 6.54 Å². The van der Waals surface area contributed by atoms with E-state index in [0.29, 0.717) is 6.04 Å². The molecule has 2 unspecified atom stereocenters. The molecule has 0 spiro atoms. The van der Waals surface area contributed by atoms with Gasteiger partial charge in [-0.25, -0.2) is 4.98 Å². The summed E-state index contributed by atoms with van der Waals surface area (Å²) in [5.74, 6) is 1.05. The molecule has 0 radical (unpaired) electrons. The highest BCUT2D eigenvalue weighted by atomic mass is 15.3. The van der Waals surface area contributed by atoms with Crippen LogP contribution in [0.15, 0.2) is 12.4 Å². The van der Waals surface area contributed by atoms with E-state index in [2.05, 4.69) is 32.1 Å². The first-order valence-corrected chi connectivity index (χ1v) is 8.31. The van der Waals surface area contributed by atoms with Crippen molar-refractivity contribution < 1.29 is 0 Å². The largest absolute Gasteiger partial charge is 0.354 e. The molecule has 2 atom stereocenters. The van der Waals surface area contributed by atoms with Gasteiger partial charge in [-0.3, -0.25) is 9.88 Å². The second kappa shape index (κ2) is 5.54. The summed E-state index contributed by atoms with van der Waals surface area (Å²) in [5.41, 5.74) is 1.05. The Bertz CT molecular complexity index is 484. The number of hydrogen-bond donors (Lipinski definition) is 1. The monoisotopic (exact) mass is 287 g/mol. The van der Waals surface area contributed by atoms with E-state index in [0.717, 1.165) is 43.2 Å². The van der Waals surface area contributed by atoms with Gasteiger partial charge in [0.1, 0.15) is 5.82 Å². The number of fused-ring (bicyclic) bond motifs is 2. The van der Waals surface area contributed by atoms with E-state index in [1.54, 1.807) is 0 Å². The number of aromatic nitrogens is 2. The summed E-state index contributed by atoms with van der Waals surface area (Å²) in [6.45, 7) is 3.06. The standard InChI is InChI=1S/C16H25N5/c1-20-14-4-5-15(20)11-21(7-6-14)16-10-18-13(9-19-16)8-17-12-2-3-12/h9-10,12,14-15,17H,2-8,11H2,1H3. The molecule has 2 saturated heterocycles. The number of likely N-dealkylation sites (N-methyl/N-ethyl adjacent to an activating group) is 1. The number of rotatable bonds is 4. The van der Waals surface area contributed by atoms with E-state index in [4.69, 9.17) is 0 Å². The molecule has 1 aliphatic carbocycles. The van der Waals surface area contributed by atoms with Crippen LogP contribution in [-0.4, -0.2) is 53.1 Å². The van der Waals surface area contributed by atoms with Crippen molar-refractivity contribution in [1.29, 1.82) is 0 Å². The fourth-order valence-electron chi connectivity index (χ4n) is 3.66. The Morgan fingerprint density at radius 1 is 1.10 bits per heavy atom. The Morgan fingerprint density at radius 2 is 1.95 bits per heavy atom. The van der Waals surface area contributed by atoms with Crippen molar-refractivity contribution in [2.45, 2.75) is 56.8 Å². The molecule has 21 heavy (non-hydrogen) atoms. The van der Waals surface area contributed by atoms with E-state index in [1.165, 1.54) is 32.1 Å². The molecular formula is C16H25N5. The summed E-state index contributed by atoms with van der Waals surface area (Å²) in [6, 6.07) is 2.19. The molecule has 3 fully saturated rings. The topological polar surface area (TPSA) is 44.3 Å². The Morgan fingerprint density at radius 3 is 2.71 bits per heavy atom. The Hall–Kier alpha value is -1.20.